The summed E-state index contributed by atoms with van der Waals surface area (Å²) in [5, 5.41) is 0. The molecule has 2 saturated carbocycles. The Hall–Kier alpha value is -2.58. The van der Waals surface area contributed by atoms with Crippen molar-refractivity contribution in [1.82, 2.24) is 9.71 Å². The lowest BCUT2D eigenvalue weighted by Crippen LogP contribution is -2.45. The average Bonchev–Trinajstić information content (AvgIpc) is 3.18. The maximum absolute atomic E-state index is 13.6. The van der Waals surface area contributed by atoms with Crippen LogP contribution in [-0.2, 0) is 19.6 Å². The molecule has 2 aromatic rings. The van der Waals surface area contributed by atoms with Crippen LogP contribution in [0.4, 0.5) is 4.39 Å². The van der Waals surface area contributed by atoms with Crippen molar-refractivity contribution >= 4 is 22.1 Å². The third kappa shape index (κ3) is 5.65. The van der Waals surface area contributed by atoms with E-state index in [0.29, 0.717) is 18.4 Å². The van der Waals surface area contributed by atoms with Gasteiger partial charge < -0.3 is 4.74 Å². The summed E-state index contributed by atoms with van der Waals surface area (Å²) in [5.74, 6) is 1.03. The number of cyclic esters (lactones) is 1. The Morgan fingerprint density at radius 3 is 2.73 bits per heavy atom. The van der Waals surface area contributed by atoms with Gasteiger partial charge in [-0.2, -0.15) is 0 Å². The number of allylic oxidation sites excluding steroid dienone is 1. The standard InChI is InChI=1S/C29H35FN2O4S/c1-3-37(34,35)32-16-19-7-11-25-22(13-19)15-27-28(18(2)36-29(27)33)26(25)12-10-24-9-8-21(17-31-24)20-5-4-6-23(30)14-20/h4-6,8-10,12,14,17-19,22,25-28,32H,3,7,11,13,15-16H2,1-2H3/b12-10+/t18-,19-,22+,25-,26+,27-,28+/m1/s1. The van der Waals surface area contributed by atoms with Crippen LogP contribution in [0.2, 0.25) is 0 Å². The summed E-state index contributed by atoms with van der Waals surface area (Å²) in [6.45, 7) is 4.12. The van der Waals surface area contributed by atoms with E-state index in [2.05, 4.69) is 15.8 Å². The van der Waals surface area contributed by atoms with E-state index in [1.165, 1.54) is 12.1 Å². The molecule has 1 aliphatic heterocycles. The summed E-state index contributed by atoms with van der Waals surface area (Å²) in [6.07, 6.45) is 9.62. The highest BCUT2D eigenvalue weighted by Crippen LogP contribution is 2.54. The van der Waals surface area contributed by atoms with Crippen LogP contribution in [0.25, 0.3) is 17.2 Å². The fourth-order valence-electron chi connectivity index (χ4n) is 6.80. The van der Waals surface area contributed by atoms with Crippen molar-refractivity contribution in [1.29, 1.82) is 0 Å². The van der Waals surface area contributed by atoms with Gasteiger partial charge in [-0.25, -0.2) is 17.5 Å². The minimum absolute atomic E-state index is 0.0867. The molecule has 198 valence electrons. The molecule has 37 heavy (non-hydrogen) atoms. The van der Waals surface area contributed by atoms with E-state index in [1.54, 1.807) is 19.2 Å². The molecule has 0 radical (unpaired) electrons. The summed E-state index contributed by atoms with van der Waals surface area (Å²) in [6, 6.07) is 10.4. The fraction of sp³-hybridized carbons (Fsp3) is 0.517. The molecular formula is C29H35FN2O4S. The number of nitrogens with one attached hydrogen (secondary N) is 1. The number of nitrogens with zero attached hydrogens (tertiary/aromatic N) is 1. The molecule has 2 heterocycles. The number of aromatic nitrogens is 1. The van der Waals surface area contributed by atoms with E-state index in [4.69, 9.17) is 4.74 Å². The Morgan fingerprint density at radius 1 is 1.16 bits per heavy atom. The van der Waals surface area contributed by atoms with Crippen LogP contribution in [0.3, 0.4) is 0 Å². The number of carbonyl (C=O) groups is 1. The van der Waals surface area contributed by atoms with Crippen molar-refractivity contribution < 1.29 is 22.3 Å². The van der Waals surface area contributed by atoms with Gasteiger partial charge >= 0.3 is 5.97 Å². The van der Waals surface area contributed by atoms with E-state index in [9.17, 15) is 17.6 Å². The number of fused-ring (bicyclic) bond motifs is 2. The zero-order valence-corrected chi connectivity index (χ0v) is 22.2. The van der Waals surface area contributed by atoms with Crippen LogP contribution < -0.4 is 4.72 Å². The van der Waals surface area contributed by atoms with Crippen molar-refractivity contribution in [3.05, 3.63) is 60.2 Å². The van der Waals surface area contributed by atoms with Crippen molar-refractivity contribution in [2.45, 2.75) is 45.6 Å². The van der Waals surface area contributed by atoms with Crippen molar-refractivity contribution in [2.75, 3.05) is 12.3 Å². The minimum atomic E-state index is -3.21. The molecule has 0 unspecified atom stereocenters. The number of sulfonamides is 1. The van der Waals surface area contributed by atoms with Gasteiger partial charge in [-0.15, -0.1) is 0 Å². The van der Waals surface area contributed by atoms with Gasteiger partial charge in [0.25, 0.3) is 0 Å². The molecule has 3 fully saturated rings. The second-order valence-corrected chi connectivity index (χ2v) is 12.9. The number of pyridine rings is 1. The largest absolute Gasteiger partial charge is 0.462 e. The smallest absolute Gasteiger partial charge is 0.309 e. The summed E-state index contributed by atoms with van der Waals surface area (Å²) in [5.41, 5.74) is 2.46. The van der Waals surface area contributed by atoms with E-state index in [1.807, 2.05) is 31.2 Å². The number of halogens is 1. The van der Waals surface area contributed by atoms with Crippen LogP contribution in [0, 0.1) is 41.3 Å². The van der Waals surface area contributed by atoms with Crippen LogP contribution in [0.1, 0.15) is 45.2 Å². The molecule has 0 amide bonds. The van der Waals surface area contributed by atoms with Crippen LogP contribution in [0.5, 0.6) is 0 Å². The Labute approximate surface area is 218 Å². The number of hydrogen-bond acceptors (Lipinski definition) is 5. The summed E-state index contributed by atoms with van der Waals surface area (Å²) < 4.78 is 45.9. The number of rotatable bonds is 7. The minimum Gasteiger partial charge on any atom is -0.462 e. The van der Waals surface area contributed by atoms with Gasteiger partial charge in [0.1, 0.15) is 11.9 Å². The number of hydrogen-bond donors (Lipinski definition) is 1. The van der Waals surface area contributed by atoms with E-state index in [0.717, 1.165) is 42.5 Å². The molecule has 3 aliphatic rings. The van der Waals surface area contributed by atoms with Gasteiger partial charge in [-0.3, -0.25) is 9.78 Å². The van der Waals surface area contributed by atoms with Crippen molar-refractivity contribution in [3.63, 3.8) is 0 Å². The van der Waals surface area contributed by atoms with Gasteiger partial charge in [0.05, 0.1) is 17.4 Å². The summed E-state index contributed by atoms with van der Waals surface area (Å²) in [4.78, 5) is 17.3. The monoisotopic (exact) mass is 526 g/mol. The highest BCUT2D eigenvalue weighted by Gasteiger charge is 2.54. The Morgan fingerprint density at radius 2 is 2.00 bits per heavy atom. The fourth-order valence-corrected chi connectivity index (χ4v) is 7.49. The molecule has 7 atom stereocenters. The first kappa shape index (κ1) is 26.0. The maximum Gasteiger partial charge on any atom is 0.309 e. The Kier molecular flexibility index (Phi) is 7.50. The number of benzene rings is 1. The second kappa shape index (κ2) is 10.7. The zero-order chi connectivity index (χ0) is 26.2. The maximum atomic E-state index is 13.6. The van der Waals surface area contributed by atoms with Gasteiger partial charge in [0, 0.05) is 24.2 Å². The van der Waals surface area contributed by atoms with E-state index < -0.39 is 10.0 Å². The molecule has 1 saturated heterocycles. The third-order valence-electron chi connectivity index (χ3n) is 8.66. The SMILES string of the molecule is CCS(=O)(=O)NC[C@@H]1CC[C@@H]2[C@@H](C1)C[C@H]1C(=O)O[C@H](C)[C@H]1[C@H]2/C=C/c1ccc(-c2cccc(F)c2)cn1. The third-order valence-corrected chi connectivity index (χ3v) is 10.0. The van der Waals surface area contributed by atoms with E-state index >= 15 is 0 Å². The molecule has 1 aromatic carbocycles. The molecular weight excluding hydrogens is 491 g/mol. The molecule has 5 rings (SSSR count). The molecule has 6 nitrogen and oxygen atoms in total. The predicted octanol–water partition coefficient (Wildman–Crippen LogP) is 5.07. The van der Waals surface area contributed by atoms with Crippen LogP contribution >= 0.6 is 0 Å². The van der Waals surface area contributed by atoms with Crippen LogP contribution in [0.15, 0.2) is 48.7 Å². The molecule has 0 spiro atoms. The predicted molar refractivity (Wildman–Crippen MR) is 141 cm³/mol. The Bertz CT molecular complexity index is 1260. The topological polar surface area (TPSA) is 85.4 Å². The number of ether oxygens (including phenoxy) is 1. The first-order valence-electron chi connectivity index (χ1n) is 13.3. The van der Waals surface area contributed by atoms with Crippen LogP contribution in [-0.4, -0.2) is 37.8 Å². The number of esters is 1. The van der Waals surface area contributed by atoms with Gasteiger partial charge in [-0.05, 0) is 93.0 Å². The summed E-state index contributed by atoms with van der Waals surface area (Å²) in [7, 11) is -3.21. The first-order valence-corrected chi connectivity index (χ1v) is 15.0. The Balaban J connectivity index is 1.33. The van der Waals surface area contributed by atoms with Crippen molar-refractivity contribution in [2.24, 2.45) is 35.5 Å². The molecule has 1 N–H and O–H groups in total. The van der Waals surface area contributed by atoms with Gasteiger partial charge in [0.15, 0.2) is 0 Å². The molecule has 8 heteroatoms. The highest BCUT2D eigenvalue weighted by molar-refractivity contribution is 7.89. The van der Waals surface area contributed by atoms with E-state index in [-0.39, 0.29) is 47.3 Å². The average molecular weight is 527 g/mol. The normalized spacial score (nSPS) is 31.6. The lowest BCUT2D eigenvalue weighted by molar-refractivity contribution is -0.144. The molecule has 0 bridgehead atoms. The zero-order valence-electron chi connectivity index (χ0n) is 21.3. The van der Waals surface area contributed by atoms with Gasteiger partial charge in [-0.1, -0.05) is 24.3 Å². The first-order chi connectivity index (χ1) is 17.7. The lowest BCUT2D eigenvalue weighted by atomic mass is 9.56. The van der Waals surface area contributed by atoms with Gasteiger partial charge in [0.2, 0.25) is 10.0 Å². The lowest BCUT2D eigenvalue weighted by Gasteiger charge is -2.47. The second-order valence-electron chi connectivity index (χ2n) is 10.8. The molecule has 2 aliphatic carbocycles. The number of carbonyl (C=O) groups excluding carboxylic acids is 1. The van der Waals surface area contributed by atoms with Crippen molar-refractivity contribution in [3.8, 4) is 11.1 Å². The summed E-state index contributed by atoms with van der Waals surface area (Å²) >= 11 is 0. The highest BCUT2D eigenvalue weighted by atomic mass is 32.2. The quantitative estimate of drug-likeness (QED) is 0.509. The molecule has 1 aromatic heterocycles.